The lowest BCUT2D eigenvalue weighted by atomic mass is 10.0. The molecule has 0 fully saturated rings. The van der Waals surface area contributed by atoms with Crippen LogP contribution in [0.3, 0.4) is 0 Å². The molecule has 19 heavy (non-hydrogen) atoms. The Labute approximate surface area is 119 Å². The topological polar surface area (TPSA) is 29.9 Å². The summed E-state index contributed by atoms with van der Waals surface area (Å²) in [6.45, 7) is 4.14. The van der Waals surface area contributed by atoms with Crippen LogP contribution in [0.1, 0.15) is 24.0 Å². The van der Waals surface area contributed by atoms with Gasteiger partial charge in [-0.05, 0) is 42.1 Å². The Morgan fingerprint density at radius 3 is 2.95 bits per heavy atom. The van der Waals surface area contributed by atoms with Crippen LogP contribution in [0.25, 0.3) is 0 Å². The van der Waals surface area contributed by atoms with Crippen molar-refractivity contribution in [3.8, 4) is 0 Å². The van der Waals surface area contributed by atoms with E-state index in [-0.39, 0.29) is 0 Å². The average Bonchev–Trinajstić information content (AvgIpc) is 2.80. The lowest BCUT2D eigenvalue weighted by Crippen LogP contribution is -2.22. The molecule has 0 saturated heterocycles. The van der Waals surface area contributed by atoms with Crippen LogP contribution in [-0.4, -0.2) is 22.9 Å². The largest absolute Gasteiger partial charge is 0.316 e. The molecule has 0 bridgehead atoms. The number of nitrogens with one attached hydrogen (secondary N) is 1. The number of hydrogen-bond donors (Lipinski definition) is 1. The van der Waals surface area contributed by atoms with E-state index in [9.17, 15) is 0 Å². The number of nitrogens with zero attached hydrogens (tertiary/aromatic N) is 2. The Hall–Kier alpha value is -1.32. The molecule has 0 saturated carbocycles. The second-order valence-corrected chi connectivity index (χ2v) is 5.37. The summed E-state index contributed by atoms with van der Waals surface area (Å²) in [4.78, 5) is 0. The molecule has 0 aliphatic rings. The number of rotatable bonds is 6. The zero-order valence-corrected chi connectivity index (χ0v) is 12.2. The van der Waals surface area contributed by atoms with Crippen LogP contribution in [-0.2, 0) is 13.5 Å². The molecule has 0 aliphatic carbocycles. The summed E-state index contributed by atoms with van der Waals surface area (Å²) < 4.78 is 1.84. The predicted octanol–water partition coefficient (Wildman–Crippen LogP) is 3.01. The van der Waals surface area contributed by atoms with Crippen LogP contribution in [0.2, 0.25) is 5.02 Å². The molecule has 2 aromatic rings. The van der Waals surface area contributed by atoms with Crippen molar-refractivity contribution in [2.75, 3.05) is 13.1 Å². The average molecular weight is 278 g/mol. The van der Waals surface area contributed by atoms with Gasteiger partial charge in [0.05, 0.1) is 6.20 Å². The second kappa shape index (κ2) is 6.73. The molecular weight excluding hydrogens is 258 g/mol. The third-order valence-corrected chi connectivity index (χ3v) is 3.45. The van der Waals surface area contributed by atoms with Crippen molar-refractivity contribution in [3.05, 3.63) is 52.8 Å². The lowest BCUT2D eigenvalue weighted by Gasteiger charge is -2.13. The third kappa shape index (κ3) is 4.37. The monoisotopic (exact) mass is 277 g/mol. The van der Waals surface area contributed by atoms with Gasteiger partial charge in [0.1, 0.15) is 0 Å². The number of hydrogen-bond acceptors (Lipinski definition) is 2. The minimum atomic E-state index is 0.465. The molecule has 1 aromatic carbocycles. The molecular formula is C15H20ClN3. The van der Waals surface area contributed by atoms with Crippen LogP contribution in [0.4, 0.5) is 0 Å². The molecule has 1 atom stereocenters. The summed E-state index contributed by atoms with van der Waals surface area (Å²) in [6.07, 6.45) is 4.99. The molecule has 4 heteroatoms. The maximum atomic E-state index is 6.00. The number of benzene rings is 1. The van der Waals surface area contributed by atoms with E-state index in [1.807, 2.05) is 36.1 Å². The van der Waals surface area contributed by atoms with Crippen molar-refractivity contribution < 1.29 is 0 Å². The van der Waals surface area contributed by atoms with Gasteiger partial charge in [-0.2, -0.15) is 5.10 Å². The molecule has 1 N–H and O–H groups in total. The highest BCUT2D eigenvalue weighted by Crippen LogP contribution is 2.18. The molecule has 1 aromatic heterocycles. The number of aromatic nitrogens is 2. The van der Waals surface area contributed by atoms with Crippen LogP contribution < -0.4 is 5.32 Å². The summed E-state index contributed by atoms with van der Waals surface area (Å²) in [5.74, 6) is 0.465. The molecule has 3 nitrogen and oxygen atoms in total. The van der Waals surface area contributed by atoms with Crippen molar-refractivity contribution >= 4 is 11.6 Å². The molecule has 0 spiro atoms. The molecule has 2 rings (SSSR count). The molecule has 0 amide bonds. The first-order valence-electron chi connectivity index (χ1n) is 6.59. The Morgan fingerprint density at radius 1 is 1.42 bits per heavy atom. The van der Waals surface area contributed by atoms with Gasteiger partial charge in [-0.25, -0.2) is 0 Å². The van der Waals surface area contributed by atoms with E-state index in [0.29, 0.717) is 5.92 Å². The summed E-state index contributed by atoms with van der Waals surface area (Å²) >= 11 is 6.00. The van der Waals surface area contributed by atoms with Crippen LogP contribution in [0.15, 0.2) is 36.7 Å². The zero-order chi connectivity index (χ0) is 13.7. The van der Waals surface area contributed by atoms with Crippen molar-refractivity contribution in [2.24, 2.45) is 7.05 Å². The van der Waals surface area contributed by atoms with E-state index in [1.165, 1.54) is 11.1 Å². The normalized spacial score (nSPS) is 12.6. The Balaban J connectivity index is 1.73. The highest BCUT2D eigenvalue weighted by atomic mass is 35.5. The van der Waals surface area contributed by atoms with Gasteiger partial charge >= 0.3 is 0 Å². The molecule has 1 unspecified atom stereocenters. The Morgan fingerprint density at radius 2 is 2.26 bits per heavy atom. The first kappa shape index (κ1) is 14.1. The van der Waals surface area contributed by atoms with Crippen LogP contribution >= 0.6 is 11.6 Å². The zero-order valence-electron chi connectivity index (χ0n) is 11.4. The fourth-order valence-electron chi connectivity index (χ4n) is 2.08. The second-order valence-electron chi connectivity index (χ2n) is 4.93. The van der Waals surface area contributed by atoms with E-state index in [2.05, 4.69) is 29.6 Å². The summed E-state index contributed by atoms with van der Waals surface area (Å²) in [7, 11) is 1.94. The van der Waals surface area contributed by atoms with Gasteiger partial charge in [-0.1, -0.05) is 30.7 Å². The maximum absolute atomic E-state index is 6.00. The first-order valence-corrected chi connectivity index (χ1v) is 6.96. The van der Waals surface area contributed by atoms with Gasteiger partial charge in [0, 0.05) is 24.8 Å². The summed E-state index contributed by atoms with van der Waals surface area (Å²) in [5.41, 5.74) is 2.55. The van der Waals surface area contributed by atoms with Gasteiger partial charge in [-0.3, -0.25) is 4.68 Å². The highest BCUT2D eigenvalue weighted by Gasteiger charge is 2.05. The fourth-order valence-corrected chi connectivity index (χ4v) is 2.28. The molecule has 1 heterocycles. The Bertz CT molecular complexity index is 522. The highest BCUT2D eigenvalue weighted by molar-refractivity contribution is 6.30. The van der Waals surface area contributed by atoms with Gasteiger partial charge in [0.15, 0.2) is 0 Å². The molecule has 0 radical (unpaired) electrons. The van der Waals surface area contributed by atoms with E-state index in [0.717, 1.165) is 24.5 Å². The SMILES string of the molecule is CC(CNCCc1cnn(C)c1)c1cccc(Cl)c1. The van der Waals surface area contributed by atoms with Gasteiger partial charge < -0.3 is 5.32 Å². The number of aryl methyl sites for hydroxylation is 1. The first-order chi connectivity index (χ1) is 9.15. The smallest absolute Gasteiger partial charge is 0.0522 e. The molecule has 102 valence electrons. The fraction of sp³-hybridized carbons (Fsp3) is 0.400. The van der Waals surface area contributed by atoms with Crippen molar-refractivity contribution in [2.45, 2.75) is 19.3 Å². The van der Waals surface area contributed by atoms with Crippen molar-refractivity contribution in [1.29, 1.82) is 0 Å². The van der Waals surface area contributed by atoms with Gasteiger partial charge in [-0.15, -0.1) is 0 Å². The number of halogens is 1. The van der Waals surface area contributed by atoms with E-state index in [1.54, 1.807) is 0 Å². The third-order valence-electron chi connectivity index (χ3n) is 3.22. The van der Waals surface area contributed by atoms with E-state index in [4.69, 9.17) is 11.6 Å². The van der Waals surface area contributed by atoms with E-state index < -0.39 is 0 Å². The van der Waals surface area contributed by atoms with Gasteiger partial charge in [0.25, 0.3) is 0 Å². The maximum Gasteiger partial charge on any atom is 0.0522 e. The van der Waals surface area contributed by atoms with Crippen molar-refractivity contribution in [1.82, 2.24) is 15.1 Å². The Kier molecular flexibility index (Phi) is 5.00. The van der Waals surface area contributed by atoms with E-state index >= 15 is 0 Å². The van der Waals surface area contributed by atoms with Gasteiger partial charge in [0.2, 0.25) is 0 Å². The predicted molar refractivity (Wildman–Crippen MR) is 79.6 cm³/mol. The van der Waals surface area contributed by atoms with Crippen molar-refractivity contribution in [3.63, 3.8) is 0 Å². The minimum Gasteiger partial charge on any atom is -0.316 e. The summed E-state index contributed by atoms with van der Waals surface area (Å²) in [5, 5.41) is 8.45. The molecule has 0 aliphatic heterocycles. The minimum absolute atomic E-state index is 0.465. The van der Waals surface area contributed by atoms with Crippen LogP contribution in [0, 0.1) is 0 Å². The lowest BCUT2D eigenvalue weighted by molar-refractivity contribution is 0.615. The standard InChI is InChI=1S/C15H20ClN3/c1-12(14-4-3-5-15(16)8-14)9-17-7-6-13-10-18-19(2)11-13/h3-5,8,10-12,17H,6-7,9H2,1-2H3. The van der Waals surface area contributed by atoms with Crippen LogP contribution in [0.5, 0.6) is 0 Å². The quantitative estimate of drug-likeness (QED) is 0.823. The summed E-state index contributed by atoms with van der Waals surface area (Å²) in [6, 6.07) is 8.08.